The number of likely N-dealkylation sites (N-methyl/N-ethyl adjacent to an activating group) is 1. The van der Waals surface area contributed by atoms with Crippen LogP contribution in [0.5, 0.6) is 0 Å². The van der Waals surface area contributed by atoms with Gasteiger partial charge in [0, 0.05) is 26.1 Å². The molecule has 1 aliphatic carbocycles. The van der Waals surface area contributed by atoms with Crippen molar-refractivity contribution in [3.05, 3.63) is 0 Å². The molecule has 1 N–H and O–H groups in total. The average Bonchev–Trinajstić information content (AvgIpc) is 3.10. The fourth-order valence-electron chi connectivity index (χ4n) is 2.31. The van der Waals surface area contributed by atoms with E-state index in [0.717, 1.165) is 12.8 Å². The Bertz CT molecular complexity index is 363. The van der Waals surface area contributed by atoms with Crippen LogP contribution in [0.1, 0.15) is 33.1 Å². The predicted octanol–water partition coefficient (Wildman–Crippen LogP) is 0.227. The van der Waals surface area contributed by atoms with Gasteiger partial charge in [0.05, 0.1) is 18.1 Å². The highest BCUT2D eigenvalue weighted by atomic mass is 16.3. The third kappa shape index (κ3) is 2.36. The van der Waals surface area contributed by atoms with E-state index in [1.54, 1.807) is 11.9 Å². The van der Waals surface area contributed by atoms with E-state index in [0.29, 0.717) is 19.0 Å². The van der Waals surface area contributed by atoms with Gasteiger partial charge < -0.3 is 14.9 Å². The first-order valence-corrected chi connectivity index (χ1v) is 6.55. The second-order valence-corrected chi connectivity index (χ2v) is 6.05. The largest absolute Gasteiger partial charge is 0.394 e. The molecule has 0 aromatic heterocycles. The van der Waals surface area contributed by atoms with E-state index in [1.165, 1.54) is 0 Å². The lowest BCUT2D eigenvalue weighted by Gasteiger charge is -2.35. The molecular formula is C13H22N2O3. The Hall–Kier alpha value is -1.10. The number of aliphatic hydroxyl groups excluding tert-OH is 1. The Kier molecular flexibility index (Phi) is 3.36. The molecule has 0 spiro atoms. The third-order valence-electron chi connectivity index (χ3n) is 4.12. The number of carbonyl (C=O) groups is 2. The van der Waals surface area contributed by atoms with Crippen molar-refractivity contribution in [2.75, 3.05) is 20.2 Å². The van der Waals surface area contributed by atoms with Crippen LogP contribution in [0.2, 0.25) is 0 Å². The van der Waals surface area contributed by atoms with Crippen LogP contribution in [0, 0.1) is 5.92 Å². The van der Waals surface area contributed by atoms with Crippen molar-refractivity contribution in [2.45, 2.75) is 44.7 Å². The molecule has 1 aliphatic heterocycles. The SMILES string of the molecule is CN(C(=O)C1CC(=O)N(C2CC2)C1)C(C)(C)CO. The highest BCUT2D eigenvalue weighted by Gasteiger charge is 2.43. The quantitative estimate of drug-likeness (QED) is 0.781. The number of likely N-dealkylation sites (tertiary alicyclic amines) is 1. The topological polar surface area (TPSA) is 60.9 Å². The number of rotatable bonds is 4. The highest BCUT2D eigenvalue weighted by molar-refractivity contribution is 5.89. The Morgan fingerprint density at radius 2 is 2.11 bits per heavy atom. The number of nitrogens with zero attached hydrogens (tertiary/aromatic N) is 2. The number of amides is 2. The summed E-state index contributed by atoms with van der Waals surface area (Å²) in [4.78, 5) is 27.6. The van der Waals surface area contributed by atoms with Gasteiger partial charge in [0.15, 0.2) is 0 Å². The minimum absolute atomic E-state index is 0.0365. The average molecular weight is 254 g/mol. The van der Waals surface area contributed by atoms with Crippen molar-refractivity contribution in [3.63, 3.8) is 0 Å². The van der Waals surface area contributed by atoms with Crippen molar-refractivity contribution in [1.29, 1.82) is 0 Å². The van der Waals surface area contributed by atoms with Crippen molar-refractivity contribution in [1.82, 2.24) is 9.80 Å². The molecule has 2 rings (SSSR count). The van der Waals surface area contributed by atoms with Gasteiger partial charge in [-0.2, -0.15) is 0 Å². The molecular weight excluding hydrogens is 232 g/mol. The Labute approximate surface area is 108 Å². The first-order chi connectivity index (χ1) is 8.36. The van der Waals surface area contributed by atoms with Crippen molar-refractivity contribution >= 4 is 11.8 Å². The number of hydrogen-bond acceptors (Lipinski definition) is 3. The smallest absolute Gasteiger partial charge is 0.228 e. The molecule has 5 nitrogen and oxygen atoms in total. The third-order valence-corrected chi connectivity index (χ3v) is 4.12. The van der Waals surface area contributed by atoms with Crippen LogP contribution in [-0.2, 0) is 9.59 Å². The van der Waals surface area contributed by atoms with Gasteiger partial charge in [-0.15, -0.1) is 0 Å². The monoisotopic (exact) mass is 254 g/mol. The lowest BCUT2D eigenvalue weighted by Crippen LogP contribution is -2.50. The van der Waals surface area contributed by atoms with E-state index in [9.17, 15) is 14.7 Å². The van der Waals surface area contributed by atoms with Crippen LogP contribution in [0.15, 0.2) is 0 Å². The summed E-state index contributed by atoms with van der Waals surface area (Å²) in [6, 6.07) is 0.381. The standard InChI is InChI=1S/C13H22N2O3/c1-13(2,8-16)14(3)12(18)9-6-11(17)15(7-9)10-4-5-10/h9-10,16H,4-8H2,1-3H3. The fraction of sp³-hybridized carbons (Fsp3) is 0.846. The molecule has 0 bridgehead atoms. The summed E-state index contributed by atoms with van der Waals surface area (Å²) >= 11 is 0. The molecule has 102 valence electrons. The Morgan fingerprint density at radius 1 is 1.50 bits per heavy atom. The zero-order valence-corrected chi connectivity index (χ0v) is 11.3. The summed E-state index contributed by atoms with van der Waals surface area (Å²) in [6.45, 7) is 4.11. The van der Waals surface area contributed by atoms with Crippen molar-refractivity contribution in [3.8, 4) is 0 Å². The van der Waals surface area contributed by atoms with E-state index in [4.69, 9.17) is 0 Å². The first kappa shape index (κ1) is 13.3. The molecule has 2 aliphatic rings. The van der Waals surface area contributed by atoms with E-state index in [2.05, 4.69) is 0 Å². The fourth-order valence-corrected chi connectivity index (χ4v) is 2.31. The molecule has 2 fully saturated rings. The van der Waals surface area contributed by atoms with Gasteiger partial charge in [-0.05, 0) is 26.7 Å². The number of aliphatic hydroxyl groups is 1. The second kappa shape index (κ2) is 4.53. The Balaban J connectivity index is 2.00. The molecule has 1 saturated heterocycles. The molecule has 1 saturated carbocycles. The van der Waals surface area contributed by atoms with Crippen LogP contribution in [0.25, 0.3) is 0 Å². The molecule has 0 radical (unpaired) electrons. The van der Waals surface area contributed by atoms with E-state index in [-0.39, 0.29) is 24.3 Å². The maximum absolute atomic E-state index is 12.3. The summed E-state index contributed by atoms with van der Waals surface area (Å²) in [5.41, 5.74) is -0.576. The van der Waals surface area contributed by atoms with Crippen molar-refractivity contribution < 1.29 is 14.7 Å². The lowest BCUT2D eigenvalue weighted by atomic mass is 10.0. The van der Waals surface area contributed by atoms with Crippen LogP contribution >= 0.6 is 0 Å². The summed E-state index contributed by atoms with van der Waals surface area (Å²) in [5, 5.41) is 9.29. The molecule has 1 unspecified atom stereocenters. The normalized spacial score (nSPS) is 24.6. The molecule has 0 aromatic carbocycles. The van der Waals surface area contributed by atoms with Gasteiger partial charge in [0.2, 0.25) is 11.8 Å². The molecule has 5 heteroatoms. The van der Waals surface area contributed by atoms with Crippen LogP contribution in [0.3, 0.4) is 0 Å². The highest BCUT2D eigenvalue weighted by Crippen LogP contribution is 2.33. The minimum atomic E-state index is -0.576. The summed E-state index contributed by atoms with van der Waals surface area (Å²) in [7, 11) is 1.70. The molecule has 1 atom stereocenters. The second-order valence-electron chi connectivity index (χ2n) is 6.05. The molecule has 2 amide bonds. The van der Waals surface area contributed by atoms with Gasteiger partial charge in [-0.25, -0.2) is 0 Å². The summed E-state index contributed by atoms with van der Waals surface area (Å²) in [6.07, 6.45) is 2.47. The van der Waals surface area contributed by atoms with Gasteiger partial charge in [0.25, 0.3) is 0 Å². The van der Waals surface area contributed by atoms with Crippen molar-refractivity contribution in [2.24, 2.45) is 5.92 Å². The molecule has 18 heavy (non-hydrogen) atoms. The summed E-state index contributed by atoms with van der Waals surface area (Å²) < 4.78 is 0. The van der Waals surface area contributed by atoms with Gasteiger partial charge in [-0.3, -0.25) is 9.59 Å². The maximum atomic E-state index is 12.3. The van der Waals surface area contributed by atoms with Crippen LogP contribution in [-0.4, -0.2) is 58.5 Å². The van der Waals surface area contributed by atoms with E-state index >= 15 is 0 Å². The molecule has 1 heterocycles. The zero-order chi connectivity index (χ0) is 13.5. The zero-order valence-electron chi connectivity index (χ0n) is 11.3. The van der Waals surface area contributed by atoms with Gasteiger partial charge in [-0.1, -0.05) is 0 Å². The molecule has 0 aromatic rings. The number of carbonyl (C=O) groups excluding carboxylic acids is 2. The Morgan fingerprint density at radius 3 is 2.61 bits per heavy atom. The summed E-state index contributed by atoms with van der Waals surface area (Å²) in [5.74, 6) is -0.175. The van der Waals surface area contributed by atoms with Crippen LogP contribution in [0.4, 0.5) is 0 Å². The lowest BCUT2D eigenvalue weighted by molar-refractivity contribution is -0.140. The van der Waals surface area contributed by atoms with E-state index < -0.39 is 5.54 Å². The van der Waals surface area contributed by atoms with Gasteiger partial charge >= 0.3 is 0 Å². The van der Waals surface area contributed by atoms with Gasteiger partial charge in [0.1, 0.15) is 0 Å². The number of hydrogen-bond donors (Lipinski definition) is 1. The first-order valence-electron chi connectivity index (χ1n) is 6.55. The van der Waals surface area contributed by atoms with Crippen LogP contribution < -0.4 is 0 Å². The minimum Gasteiger partial charge on any atom is -0.394 e. The predicted molar refractivity (Wildman–Crippen MR) is 66.8 cm³/mol. The van der Waals surface area contributed by atoms with E-state index in [1.807, 2.05) is 18.7 Å². The maximum Gasteiger partial charge on any atom is 0.228 e.